The first-order valence-corrected chi connectivity index (χ1v) is 7.56. The molecule has 1 atom stereocenters. The molecule has 0 aliphatic carbocycles. The molecule has 5 nitrogen and oxygen atoms in total. The van der Waals surface area contributed by atoms with Gasteiger partial charge in [0, 0.05) is 13.0 Å². The summed E-state index contributed by atoms with van der Waals surface area (Å²) in [6.07, 6.45) is 5.10. The van der Waals surface area contributed by atoms with Gasteiger partial charge >= 0.3 is 5.97 Å². The summed E-state index contributed by atoms with van der Waals surface area (Å²) in [5, 5.41) is 11.5. The summed E-state index contributed by atoms with van der Waals surface area (Å²) in [6, 6.07) is 1.60. The van der Waals surface area contributed by atoms with E-state index in [9.17, 15) is 9.59 Å². The molecule has 0 saturated carbocycles. The molecule has 0 fully saturated rings. The standard InChI is InChI=1S/C14H20BrNO4/c1-2-3-10(4-5-12(17)18)6-8-16-14(19)11-7-9-20-13(11)15/h7,9-10H,2-6,8H2,1H3,(H,16,19)(H,17,18). The molecule has 1 aromatic heterocycles. The highest BCUT2D eigenvalue weighted by atomic mass is 79.9. The van der Waals surface area contributed by atoms with Gasteiger partial charge in [-0.05, 0) is 40.8 Å². The SMILES string of the molecule is CCCC(CCNC(=O)c1ccoc1Br)CCC(=O)O. The molecule has 1 rings (SSSR count). The molecule has 1 unspecified atom stereocenters. The van der Waals surface area contributed by atoms with E-state index >= 15 is 0 Å². The van der Waals surface area contributed by atoms with E-state index in [0.717, 1.165) is 19.3 Å². The van der Waals surface area contributed by atoms with Crippen LogP contribution in [0.15, 0.2) is 21.4 Å². The van der Waals surface area contributed by atoms with E-state index in [1.165, 1.54) is 6.26 Å². The highest BCUT2D eigenvalue weighted by molar-refractivity contribution is 9.10. The number of halogens is 1. The number of carbonyl (C=O) groups excluding carboxylic acids is 1. The Morgan fingerprint density at radius 2 is 2.15 bits per heavy atom. The van der Waals surface area contributed by atoms with E-state index in [-0.39, 0.29) is 12.3 Å². The molecular weight excluding hydrogens is 326 g/mol. The third kappa shape index (κ3) is 5.77. The maximum Gasteiger partial charge on any atom is 0.303 e. The van der Waals surface area contributed by atoms with Crippen molar-refractivity contribution in [2.24, 2.45) is 5.92 Å². The first-order valence-electron chi connectivity index (χ1n) is 6.77. The summed E-state index contributed by atoms with van der Waals surface area (Å²) in [7, 11) is 0. The van der Waals surface area contributed by atoms with Crippen molar-refractivity contribution >= 4 is 27.8 Å². The first kappa shape index (κ1) is 16.8. The molecule has 0 radical (unpaired) electrons. The largest absolute Gasteiger partial charge is 0.481 e. The Morgan fingerprint density at radius 1 is 1.40 bits per heavy atom. The van der Waals surface area contributed by atoms with Crippen molar-refractivity contribution in [2.75, 3.05) is 6.54 Å². The third-order valence-electron chi connectivity index (χ3n) is 3.16. The molecule has 1 aromatic rings. The fourth-order valence-electron chi connectivity index (χ4n) is 2.11. The van der Waals surface area contributed by atoms with Crippen LogP contribution in [0.3, 0.4) is 0 Å². The Morgan fingerprint density at radius 3 is 2.70 bits per heavy atom. The van der Waals surface area contributed by atoms with Gasteiger partial charge in [0.15, 0.2) is 4.67 Å². The smallest absolute Gasteiger partial charge is 0.303 e. The zero-order valence-corrected chi connectivity index (χ0v) is 13.1. The van der Waals surface area contributed by atoms with Crippen molar-refractivity contribution in [2.45, 2.75) is 39.0 Å². The van der Waals surface area contributed by atoms with Crippen molar-refractivity contribution < 1.29 is 19.1 Å². The molecule has 6 heteroatoms. The number of hydrogen-bond acceptors (Lipinski definition) is 3. The van der Waals surface area contributed by atoms with Crippen molar-refractivity contribution in [3.8, 4) is 0 Å². The van der Waals surface area contributed by atoms with E-state index in [4.69, 9.17) is 9.52 Å². The summed E-state index contributed by atoms with van der Waals surface area (Å²) in [4.78, 5) is 22.4. The maximum atomic E-state index is 11.8. The number of nitrogens with one attached hydrogen (secondary N) is 1. The molecule has 0 aromatic carbocycles. The molecule has 0 spiro atoms. The Bertz CT molecular complexity index is 444. The number of carboxylic acids is 1. The number of furan rings is 1. The fourth-order valence-corrected chi connectivity index (χ4v) is 2.53. The lowest BCUT2D eigenvalue weighted by molar-refractivity contribution is -0.137. The summed E-state index contributed by atoms with van der Waals surface area (Å²) < 4.78 is 5.43. The van der Waals surface area contributed by atoms with Crippen LogP contribution in [-0.2, 0) is 4.79 Å². The van der Waals surface area contributed by atoms with Gasteiger partial charge in [-0.1, -0.05) is 19.8 Å². The van der Waals surface area contributed by atoms with Gasteiger partial charge in [-0.2, -0.15) is 0 Å². The van der Waals surface area contributed by atoms with Crippen LogP contribution in [0.4, 0.5) is 0 Å². The quantitative estimate of drug-likeness (QED) is 0.718. The third-order valence-corrected chi connectivity index (χ3v) is 3.78. The summed E-state index contributed by atoms with van der Waals surface area (Å²) >= 11 is 3.16. The molecule has 20 heavy (non-hydrogen) atoms. The van der Waals surface area contributed by atoms with Gasteiger partial charge in [0.25, 0.3) is 5.91 Å². The Kier molecular flexibility index (Phi) is 7.36. The van der Waals surface area contributed by atoms with Crippen molar-refractivity contribution in [3.63, 3.8) is 0 Å². The number of rotatable bonds is 9. The van der Waals surface area contributed by atoms with Gasteiger partial charge in [0.2, 0.25) is 0 Å². The van der Waals surface area contributed by atoms with E-state index in [2.05, 4.69) is 28.2 Å². The van der Waals surface area contributed by atoms with Crippen LogP contribution in [0.1, 0.15) is 49.4 Å². The Labute approximate surface area is 126 Å². The molecule has 0 aliphatic rings. The lowest BCUT2D eigenvalue weighted by Gasteiger charge is -2.15. The number of amides is 1. The lowest BCUT2D eigenvalue weighted by Crippen LogP contribution is -2.26. The van der Waals surface area contributed by atoms with Crippen LogP contribution in [0, 0.1) is 5.92 Å². The van der Waals surface area contributed by atoms with Crippen LogP contribution < -0.4 is 5.32 Å². The van der Waals surface area contributed by atoms with Gasteiger partial charge in [0.05, 0.1) is 11.8 Å². The Balaban J connectivity index is 2.34. The molecule has 112 valence electrons. The summed E-state index contributed by atoms with van der Waals surface area (Å²) in [6.45, 7) is 2.62. The van der Waals surface area contributed by atoms with E-state index in [1.807, 2.05) is 0 Å². The zero-order valence-electron chi connectivity index (χ0n) is 11.5. The molecule has 0 aliphatic heterocycles. The second-order valence-corrected chi connectivity index (χ2v) is 5.46. The second kappa shape index (κ2) is 8.79. The molecule has 2 N–H and O–H groups in total. The molecule has 0 saturated heterocycles. The average molecular weight is 346 g/mol. The van der Waals surface area contributed by atoms with Crippen LogP contribution in [-0.4, -0.2) is 23.5 Å². The lowest BCUT2D eigenvalue weighted by atomic mass is 9.94. The van der Waals surface area contributed by atoms with Crippen LogP contribution in [0.2, 0.25) is 0 Å². The number of carboxylic acid groups (broad SMARTS) is 1. The fraction of sp³-hybridized carbons (Fsp3) is 0.571. The van der Waals surface area contributed by atoms with E-state index in [1.54, 1.807) is 6.07 Å². The predicted octanol–water partition coefficient (Wildman–Crippen LogP) is 3.44. The Hall–Kier alpha value is -1.30. The molecule has 1 amide bonds. The van der Waals surface area contributed by atoms with Crippen molar-refractivity contribution in [1.29, 1.82) is 0 Å². The van der Waals surface area contributed by atoms with Crippen LogP contribution in [0.5, 0.6) is 0 Å². The minimum Gasteiger partial charge on any atom is -0.481 e. The topological polar surface area (TPSA) is 79.5 Å². The first-order chi connectivity index (χ1) is 9.54. The van der Waals surface area contributed by atoms with E-state index < -0.39 is 5.97 Å². The zero-order chi connectivity index (χ0) is 15.0. The minimum absolute atomic E-state index is 0.181. The van der Waals surface area contributed by atoms with E-state index in [0.29, 0.717) is 29.1 Å². The van der Waals surface area contributed by atoms with Gasteiger partial charge in [0.1, 0.15) is 0 Å². The summed E-state index contributed by atoms with van der Waals surface area (Å²) in [5.41, 5.74) is 0.475. The van der Waals surface area contributed by atoms with Crippen LogP contribution >= 0.6 is 15.9 Å². The average Bonchev–Trinajstić information content (AvgIpc) is 2.82. The normalized spacial score (nSPS) is 12.1. The predicted molar refractivity (Wildman–Crippen MR) is 78.6 cm³/mol. The van der Waals surface area contributed by atoms with Crippen LogP contribution in [0.25, 0.3) is 0 Å². The molecule has 1 heterocycles. The monoisotopic (exact) mass is 345 g/mol. The number of aliphatic carboxylic acids is 1. The second-order valence-electron chi connectivity index (χ2n) is 4.74. The number of carbonyl (C=O) groups is 2. The maximum absolute atomic E-state index is 11.8. The van der Waals surface area contributed by atoms with Gasteiger partial charge in [-0.15, -0.1) is 0 Å². The molecular formula is C14H20BrNO4. The number of hydrogen-bond donors (Lipinski definition) is 2. The molecule has 0 bridgehead atoms. The van der Waals surface area contributed by atoms with Crippen molar-refractivity contribution in [3.05, 3.63) is 22.6 Å². The van der Waals surface area contributed by atoms with Gasteiger partial charge in [-0.25, -0.2) is 0 Å². The van der Waals surface area contributed by atoms with Gasteiger partial charge < -0.3 is 14.8 Å². The highest BCUT2D eigenvalue weighted by Crippen LogP contribution is 2.19. The summed E-state index contributed by atoms with van der Waals surface area (Å²) in [5.74, 6) is -0.610. The van der Waals surface area contributed by atoms with Crippen molar-refractivity contribution in [1.82, 2.24) is 5.32 Å². The minimum atomic E-state index is -0.766. The van der Waals surface area contributed by atoms with Gasteiger partial charge in [-0.3, -0.25) is 9.59 Å². The highest BCUT2D eigenvalue weighted by Gasteiger charge is 2.14.